The van der Waals surface area contributed by atoms with E-state index in [-0.39, 0.29) is 30.6 Å². The van der Waals surface area contributed by atoms with E-state index in [0.29, 0.717) is 23.9 Å². The van der Waals surface area contributed by atoms with Crippen LogP contribution in [0.15, 0.2) is 66.0 Å². The Morgan fingerprint density at radius 2 is 1.94 bits per heavy atom. The zero-order chi connectivity index (χ0) is 23.5. The van der Waals surface area contributed by atoms with E-state index in [1.165, 1.54) is 4.88 Å². The molecule has 6 nitrogen and oxygen atoms in total. The molecular weight excluding hydrogens is 470 g/mol. The van der Waals surface area contributed by atoms with Gasteiger partial charge in [0.2, 0.25) is 5.91 Å². The number of urea groups is 1. The highest BCUT2D eigenvalue weighted by molar-refractivity contribution is 7.10. The molecule has 3 amide bonds. The number of ether oxygens (including phenoxy) is 1. The molecule has 1 aliphatic heterocycles. The zero-order valence-electron chi connectivity index (χ0n) is 18.7. The van der Waals surface area contributed by atoms with Gasteiger partial charge in [-0.05, 0) is 66.6 Å². The fourth-order valence-electron chi connectivity index (χ4n) is 4.32. The Labute approximate surface area is 208 Å². The van der Waals surface area contributed by atoms with Crippen LogP contribution in [0.5, 0.6) is 5.75 Å². The van der Waals surface area contributed by atoms with Crippen molar-refractivity contribution in [3.05, 3.63) is 81.5 Å². The first kappa shape index (κ1) is 22.7. The molecular formula is C26H26ClN3O3S. The molecule has 2 aliphatic rings. The van der Waals surface area contributed by atoms with Crippen molar-refractivity contribution in [1.29, 1.82) is 0 Å². The molecule has 1 unspecified atom stereocenters. The van der Waals surface area contributed by atoms with E-state index in [9.17, 15) is 9.59 Å². The second kappa shape index (κ2) is 10.1. The Balaban J connectivity index is 1.30. The average Bonchev–Trinajstić information content (AvgIpc) is 3.57. The van der Waals surface area contributed by atoms with Gasteiger partial charge in [0.25, 0.3) is 0 Å². The first-order valence-electron chi connectivity index (χ1n) is 11.5. The van der Waals surface area contributed by atoms with Crippen molar-refractivity contribution in [2.45, 2.75) is 31.3 Å². The highest BCUT2D eigenvalue weighted by Gasteiger charge is 2.38. The molecule has 176 valence electrons. The minimum absolute atomic E-state index is 0.0401. The van der Waals surface area contributed by atoms with Gasteiger partial charge in [0.05, 0.1) is 6.04 Å². The van der Waals surface area contributed by atoms with Gasteiger partial charge in [-0.1, -0.05) is 35.9 Å². The van der Waals surface area contributed by atoms with Gasteiger partial charge in [-0.3, -0.25) is 4.79 Å². The summed E-state index contributed by atoms with van der Waals surface area (Å²) in [5, 5.41) is 5.51. The van der Waals surface area contributed by atoms with Crippen LogP contribution >= 0.6 is 22.9 Å². The van der Waals surface area contributed by atoms with E-state index in [1.807, 2.05) is 35.2 Å². The Kier molecular flexibility index (Phi) is 6.74. The number of hydrogen-bond donors (Lipinski definition) is 1. The van der Waals surface area contributed by atoms with E-state index in [1.54, 1.807) is 40.5 Å². The smallest absolute Gasteiger partial charge is 0.322 e. The van der Waals surface area contributed by atoms with E-state index in [0.717, 1.165) is 30.6 Å². The number of rotatable bonds is 7. The molecule has 1 N–H and O–H groups in total. The standard InChI is InChI=1S/C26H26ClN3O3S/c27-18-5-4-6-19(15-18)28-26(32)30(20-9-10-20)16-25(31)29-13-11-24-22(12-14-34-24)23(29)17-33-21-7-2-1-3-8-21/h1-8,12,14-15,20,23H,9-11,13,16-17H2,(H,28,32). The Bertz CT molecular complexity index is 1160. The second-order valence-corrected chi connectivity index (χ2v) is 10.0. The summed E-state index contributed by atoms with van der Waals surface area (Å²) in [6, 6.07) is 18.4. The first-order chi connectivity index (χ1) is 16.6. The third-order valence-corrected chi connectivity index (χ3v) is 7.43. The van der Waals surface area contributed by atoms with Gasteiger partial charge >= 0.3 is 6.03 Å². The monoisotopic (exact) mass is 495 g/mol. The van der Waals surface area contributed by atoms with Gasteiger partial charge in [0.1, 0.15) is 18.9 Å². The summed E-state index contributed by atoms with van der Waals surface area (Å²) in [7, 11) is 0. The van der Waals surface area contributed by atoms with Crippen LogP contribution in [-0.2, 0) is 11.2 Å². The number of hydrogen-bond acceptors (Lipinski definition) is 4. The third-order valence-electron chi connectivity index (χ3n) is 6.20. The average molecular weight is 496 g/mol. The summed E-state index contributed by atoms with van der Waals surface area (Å²) in [5.74, 6) is 0.712. The number of benzene rings is 2. The topological polar surface area (TPSA) is 61.9 Å². The van der Waals surface area contributed by atoms with Crippen LogP contribution in [0.25, 0.3) is 0 Å². The normalized spacial score (nSPS) is 17.1. The fraction of sp³-hybridized carbons (Fsp3) is 0.308. The first-order valence-corrected chi connectivity index (χ1v) is 12.7. The largest absolute Gasteiger partial charge is 0.491 e. The van der Waals surface area contributed by atoms with Gasteiger partial charge < -0.3 is 19.9 Å². The van der Waals surface area contributed by atoms with Crippen molar-refractivity contribution in [3.63, 3.8) is 0 Å². The predicted molar refractivity (Wildman–Crippen MR) is 135 cm³/mol. The van der Waals surface area contributed by atoms with Crippen LogP contribution in [0, 0.1) is 0 Å². The summed E-state index contributed by atoms with van der Waals surface area (Å²) >= 11 is 7.78. The van der Waals surface area contributed by atoms with Gasteiger partial charge in [-0.15, -0.1) is 11.3 Å². The van der Waals surface area contributed by atoms with Crippen molar-refractivity contribution in [2.24, 2.45) is 0 Å². The Morgan fingerprint density at radius 3 is 2.71 bits per heavy atom. The minimum Gasteiger partial charge on any atom is -0.491 e. The highest BCUT2D eigenvalue weighted by atomic mass is 35.5. The van der Waals surface area contributed by atoms with Gasteiger partial charge in [0, 0.05) is 28.2 Å². The maximum Gasteiger partial charge on any atom is 0.322 e. The molecule has 2 heterocycles. The van der Waals surface area contributed by atoms with E-state index >= 15 is 0 Å². The molecule has 1 fully saturated rings. The zero-order valence-corrected chi connectivity index (χ0v) is 20.2. The minimum atomic E-state index is -0.275. The lowest BCUT2D eigenvalue weighted by Gasteiger charge is -2.37. The lowest BCUT2D eigenvalue weighted by molar-refractivity contribution is -0.135. The summed E-state index contributed by atoms with van der Waals surface area (Å²) in [6.45, 7) is 1.03. The SMILES string of the molecule is O=C(Nc1cccc(Cl)c1)N(CC(=O)N1CCc2sccc2C1COc1ccccc1)C1CC1. The molecule has 0 radical (unpaired) electrons. The van der Waals surface area contributed by atoms with Crippen molar-refractivity contribution < 1.29 is 14.3 Å². The van der Waals surface area contributed by atoms with Crippen LogP contribution in [0.2, 0.25) is 5.02 Å². The molecule has 2 aromatic carbocycles. The molecule has 5 rings (SSSR count). The summed E-state index contributed by atoms with van der Waals surface area (Å²) in [4.78, 5) is 31.4. The number of carbonyl (C=O) groups excluding carboxylic acids is 2. The number of anilines is 1. The van der Waals surface area contributed by atoms with E-state index in [2.05, 4.69) is 16.8 Å². The molecule has 3 aromatic rings. The van der Waals surface area contributed by atoms with Gasteiger partial charge in [0.15, 0.2) is 0 Å². The lowest BCUT2D eigenvalue weighted by Crippen LogP contribution is -2.49. The molecule has 1 aromatic heterocycles. The van der Waals surface area contributed by atoms with Crippen molar-refractivity contribution in [1.82, 2.24) is 9.80 Å². The number of carbonyl (C=O) groups is 2. The maximum atomic E-state index is 13.5. The second-order valence-electron chi connectivity index (χ2n) is 8.58. The number of para-hydroxylation sites is 1. The molecule has 0 bridgehead atoms. The molecule has 34 heavy (non-hydrogen) atoms. The summed E-state index contributed by atoms with van der Waals surface area (Å²) in [5.41, 5.74) is 1.76. The van der Waals surface area contributed by atoms with E-state index < -0.39 is 0 Å². The Morgan fingerprint density at radius 1 is 1.12 bits per heavy atom. The van der Waals surface area contributed by atoms with Crippen LogP contribution in [0.4, 0.5) is 10.5 Å². The number of amides is 3. The van der Waals surface area contributed by atoms with Crippen molar-refractivity contribution in [3.8, 4) is 5.75 Å². The number of nitrogens with one attached hydrogen (secondary N) is 1. The summed E-state index contributed by atoms with van der Waals surface area (Å²) < 4.78 is 6.06. The lowest BCUT2D eigenvalue weighted by atomic mass is 10.0. The Hall–Kier alpha value is -3.03. The van der Waals surface area contributed by atoms with Crippen molar-refractivity contribution in [2.75, 3.05) is 25.0 Å². The molecule has 0 spiro atoms. The van der Waals surface area contributed by atoms with Crippen molar-refractivity contribution >= 4 is 40.6 Å². The van der Waals surface area contributed by atoms with Gasteiger partial charge in [-0.25, -0.2) is 4.79 Å². The molecule has 0 saturated heterocycles. The van der Waals surface area contributed by atoms with E-state index in [4.69, 9.17) is 16.3 Å². The maximum absolute atomic E-state index is 13.5. The van der Waals surface area contributed by atoms with Crippen LogP contribution in [0.3, 0.4) is 0 Å². The van der Waals surface area contributed by atoms with Crippen LogP contribution in [-0.4, -0.2) is 47.5 Å². The fourth-order valence-corrected chi connectivity index (χ4v) is 5.44. The highest BCUT2D eigenvalue weighted by Crippen LogP contribution is 2.35. The number of fused-ring (bicyclic) bond motifs is 1. The van der Waals surface area contributed by atoms with Crippen LogP contribution in [0.1, 0.15) is 29.3 Å². The summed E-state index contributed by atoms with van der Waals surface area (Å²) in [6.07, 6.45) is 2.63. The molecule has 1 saturated carbocycles. The number of nitrogens with zero attached hydrogens (tertiary/aromatic N) is 2. The quantitative estimate of drug-likeness (QED) is 0.464. The third kappa shape index (κ3) is 5.21. The van der Waals surface area contributed by atoms with Gasteiger partial charge in [-0.2, -0.15) is 0 Å². The molecule has 1 aliphatic carbocycles. The number of thiophene rings is 1. The predicted octanol–water partition coefficient (Wildman–Crippen LogP) is 5.60. The number of halogens is 1. The molecule has 1 atom stereocenters. The molecule has 8 heteroatoms. The van der Waals surface area contributed by atoms with Crippen LogP contribution < -0.4 is 10.1 Å².